The Morgan fingerprint density at radius 2 is 2.23 bits per heavy atom. The van der Waals surface area contributed by atoms with Crippen molar-refractivity contribution in [2.24, 2.45) is 11.0 Å². The summed E-state index contributed by atoms with van der Waals surface area (Å²) in [4.78, 5) is 11.5. The molecule has 1 heterocycles. The largest absolute Gasteiger partial charge is 0.309 e. The van der Waals surface area contributed by atoms with Crippen molar-refractivity contribution in [3.63, 3.8) is 0 Å². The summed E-state index contributed by atoms with van der Waals surface area (Å²) in [6, 6.07) is -0.297. The van der Waals surface area contributed by atoms with Gasteiger partial charge in [0.05, 0.1) is 6.04 Å². The lowest BCUT2D eigenvalue weighted by molar-refractivity contribution is -0.130. The number of piperidine rings is 1. The molecule has 6 nitrogen and oxygen atoms in total. The molecule has 1 aliphatic rings. The molecule has 1 atom stereocenters. The number of nitrogens with two attached hydrogens (primary N) is 2. The lowest BCUT2D eigenvalue weighted by atomic mass is 10.1. The van der Waals surface area contributed by atoms with Gasteiger partial charge < -0.3 is 5.32 Å². The minimum absolute atomic E-state index is 0.262. The Morgan fingerprint density at radius 3 is 2.69 bits per heavy atom. The standard InChI is InChI=1S/C6H15N4O2P/c1-9-5-3-2-4-10(6(5)11)13(7,8)12/h5,9H,2-4H2,1H3,(H4,7,8,12). The molecule has 0 radical (unpaired) electrons. The van der Waals surface area contributed by atoms with Gasteiger partial charge in [0.25, 0.3) is 0 Å². The second-order valence-corrected chi connectivity index (χ2v) is 4.95. The number of carbonyl (C=O) groups is 1. The second-order valence-electron chi connectivity index (χ2n) is 3.12. The Balaban J connectivity index is 2.77. The summed E-state index contributed by atoms with van der Waals surface area (Å²) in [6.07, 6.45) is 1.52. The average molecular weight is 206 g/mol. The van der Waals surface area contributed by atoms with E-state index in [0.29, 0.717) is 6.54 Å². The van der Waals surface area contributed by atoms with Crippen LogP contribution in [0.3, 0.4) is 0 Å². The molecule has 1 rings (SSSR count). The molecule has 1 unspecified atom stereocenters. The molecule has 0 bridgehead atoms. The van der Waals surface area contributed by atoms with Gasteiger partial charge in [-0.3, -0.25) is 25.0 Å². The molecular weight excluding hydrogens is 191 g/mol. The van der Waals surface area contributed by atoms with Crippen molar-refractivity contribution in [2.45, 2.75) is 18.9 Å². The normalized spacial score (nSPS) is 25.0. The van der Waals surface area contributed by atoms with Gasteiger partial charge in [-0.25, -0.2) is 0 Å². The van der Waals surface area contributed by atoms with E-state index in [4.69, 9.17) is 11.0 Å². The van der Waals surface area contributed by atoms with Gasteiger partial charge in [-0.1, -0.05) is 0 Å². The molecule has 5 N–H and O–H groups in total. The molecule has 0 aromatic rings. The highest BCUT2D eigenvalue weighted by Crippen LogP contribution is 2.34. The highest BCUT2D eigenvalue weighted by atomic mass is 31.2. The third-order valence-corrected chi connectivity index (χ3v) is 3.29. The van der Waals surface area contributed by atoms with Crippen molar-refractivity contribution < 1.29 is 9.36 Å². The van der Waals surface area contributed by atoms with Crippen LogP contribution in [0.4, 0.5) is 0 Å². The molecule has 0 saturated carbocycles. The van der Waals surface area contributed by atoms with Crippen LogP contribution in [0.5, 0.6) is 0 Å². The summed E-state index contributed by atoms with van der Waals surface area (Å²) in [5.41, 5.74) is 10.5. The van der Waals surface area contributed by atoms with E-state index in [-0.39, 0.29) is 11.9 Å². The Bertz CT molecular complexity index is 251. The van der Waals surface area contributed by atoms with Crippen LogP contribution in [0, 0.1) is 0 Å². The fourth-order valence-corrected chi connectivity index (χ4v) is 2.34. The van der Waals surface area contributed by atoms with E-state index in [0.717, 1.165) is 17.5 Å². The third kappa shape index (κ3) is 2.28. The number of amides is 1. The van der Waals surface area contributed by atoms with Crippen molar-refractivity contribution in [3.05, 3.63) is 0 Å². The minimum atomic E-state index is -3.40. The third-order valence-electron chi connectivity index (χ3n) is 2.14. The van der Waals surface area contributed by atoms with E-state index in [1.807, 2.05) is 0 Å². The van der Waals surface area contributed by atoms with Crippen LogP contribution in [0.1, 0.15) is 12.8 Å². The maximum Gasteiger partial charge on any atom is 0.302 e. The van der Waals surface area contributed by atoms with Crippen LogP contribution in [-0.4, -0.2) is 30.2 Å². The van der Waals surface area contributed by atoms with Crippen molar-refractivity contribution in [3.8, 4) is 0 Å². The number of rotatable bonds is 2. The van der Waals surface area contributed by atoms with Gasteiger partial charge in [0.15, 0.2) is 0 Å². The number of likely N-dealkylation sites (N-methyl/N-ethyl adjacent to an activating group) is 1. The number of nitrogens with one attached hydrogen (secondary N) is 1. The minimum Gasteiger partial charge on any atom is -0.309 e. The van der Waals surface area contributed by atoms with Gasteiger partial charge in [0.1, 0.15) is 0 Å². The molecule has 1 amide bonds. The summed E-state index contributed by atoms with van der Waals surface area (Å²) in [7, 11) is -1.72. The van der Waals surface area contributed by atoms with Crippen molar-refractivity contribution in [1.29, 1.82) is 0 Å². The quantitative estimate of drug-likeness (QED) is 0.514. The van der Waals surface area contributed by atoms with Gasteiger partial charge in [-0.15, -0.1) is 0 Å². The fourth-order valence-electron chi connectivity index (χ4n) is 1.44. The van der Waals surface area contributed by atoms with Crippen LogP contribution in [0.2, 0.25) is 0 Å². The molecule has 0 aromatic heterocycles. The van der Waals surface area contributed by atoms with Gasteiger partial charge in [0.2, 0.25) is 5.91 Å². The van der Waals surface area contributed by atoms with Crippen LogP contribution in [-0.2, 0) is 9.36 Å². The van der Waals surface area contributed by atoms with Crippen LogP contribution < -0.4 is 16.3 Å². The average Bonchev–Trinajstić information content (AvgIpc) is 2.02. The van der Waals surface area contributed by atoms with Gasteiger partial charge in [-0.2, -0.15) is 0 Å². The SMILES string of the molecule is CNC1CCCN(P(N)(N)=O)C1=O. The van der Waals surface area contributed by atoms with Gasteiger partial charge >= 0.3 is 7.59 Å². The van der Waals surface area contributed by atoms with Gasteiger partial charge in [-0.05, 0) is 19.9 Å². The predicted octanol–water partition coefficient (Wildman–Crippen LogP) is -0.778. The highest BCUT2D eigenvalue weighted by molar-refractivity contribution is 7.57. The molecule has 1 fully saturated rings. The summed E-state index contributed by atoms with van der Waals surface area (Å²) in [6.45, 7) is 0.390. The lowest BCUT2D eigenvalue weighted by Crippen LogP contribution is -2.50. The number of nitrogens with zero attached hydrogens (tertiary/aromatic N) is 1. The van der Waals surface area contributed by atoms with E-state index in [1.54, 1.807) is 7.05 Å². The molecule has 1 saturated heterocycles. The van der Waals surface area contributed by atoms with E-state index < -0.39 is 7.59 Å². The molecule has 13 heavy (non-hydrogen) atoms. The molecular formula is C6H15N4O2P. The number of carbonyl (C=O) groups excluding carboxylic acids is 1. The monoisotopic (exact) mass is 206 g/mol. The molecule has 1 aliphatic heterocycles. The zero-order chi connectivity index (χ0) is 10.1. The van der Waals surface area contributed by atoms with E-state index in [2.05, 4.69) is 5.32 Å². The molecule has 0 spiro atoms. The summed E-state index contributed by atoms with van der Waals surface area (Å²) in [5.74, 6) is -0.262. The number of hydrogen-bond donors (Lipinski definition) is 3. The predicted molar refractivity (Wildman–Crippen MR) is 49.8 cm³/mol. The molecule has 0 aliphatic carbocycles. The second kappa shape index (κ2) is 3.75. The topological polar surface area (TPSA) is 101 Å². The smallest absolute Gasteiger partial charge is 0.302 e. The van der Waals surface area contributed by atoms with Crippen molar-refractivity contribution >= 4 is 13.5 Å². The number of hydrogen-bond acceptors (Lipinski definition) is 3. The zero-order valence-corrected chi connectivity index (χ0v) is 8.46. The molecule has 76 valence electrons. The summed E-state index contributed by atoms with van der Waals surface area (Å²) in [5, 5.41) is 2.83. The first-order valence-corrected chi connectivity index (χ1v) is 5.93. The zero-order valence-electron chi connectivity index (χ0n) is 7.56. The first kappa shape index (κ1) is 10.7. The van der Waals surface area contributed by atoms with Crippen LogP contribution in [0.25, 0.3) is 0 Å². The van der Waals surface area contributed by atoms with Gasteiger partial charge in [0, 0.05) is 6.54 Å². The van der Waals surface area contributed by atoms with Crippen LogP contribution >= 0.6 is 7.59 Å². The molecule has 7 heteroatoms. The summed E-state index contributed by atoms with van der Waals surface area (Å²) >= 11 is 0. The van der Waals surface area contributed by atoms with E-state index in [1.165, 1.54) is 0 Å². The Hall–Kier alpha value is -0.420. The Labute approximate surface area is 77.2 Å². The highest BCUT2D eigenvalue weighted by Gasteiger charge is 2.34. The fraction of sp³-hybridized carbons (Fsp3) is 0.833. The van der Waals surface area contributed by atoms with E-state index >= 15 is 0 Å². The Kier molecular flexibility index (Phi) is 3.08. The lowest BCUT2D eigenvalue weighted by Gasteiger charge is -2.33. The Morgan fingerprint density at radius 1 is 1.62 bits per heavy atom. The maximum absolute atomic E-state index is 11.5. The first-order valence-electron chi connectivity index (χ1n) is 4.13. The van der Waals surface area contributed by atoms with Crippen molar-refractivity contribution in [2.75, 3.05) is 13.6 Å². The maximum atomic E-state index is 11.5. The molecule has 0 aromatic carbocycles. The van der Waals surface area contributed by atoms with Crippen molar-refractivity contribution in [1.82, 2.24) is 9.99 Å². The first-order chi connectivity index (χ1) is 5.96. The summed E-state index contributed by atoms with van der Waals surface area (Å²) < 4.78 is 12.4. The van der Waals surface area contributed by atoms with E-state index in [9.17, 15) is 9.36 Å². The van der Waals surface area contributed by atoms with Crippen LogP contribution in [0.15, 0.2) is 0 Å².